The number of thiophene rings is 1. The van der Waals surface area contributed by atoms with Gasteiger partial charge in [-0.3, -0.25) is 0 Å². The van der Waals surface area contributed by atoms with Crippen molar-refractivity contribution in [1.29, 1.82) is 0 Å². The van der Waals surface area contributed by atoms with E-state index in [0.29, 0.717) is 0 Å². The van der Waals surface area contributed by atoms with E-state index in [9.17, 15) is 0 Å². The molecule has 1 aromatic carbocycles. The summed E-state index contributed by atoms with van der Waals surface area (Å²) in [5.41, 5.74) is 0.980. The van der Waals surface area contributed by atoms with Gasteiger partial charge in [-0.2, -0.15) is 0 Å². The normalized spacial score (nSPS) is 12.0. The molecule has 1 aromatic heterocycles. The zero-order valence-corrected chi connectivity index (χ0v) is 13.5. The molecule has 102 valence electrons. The first-order chi connectivity index (χ1) is 9.12. The number of nitrogens with one attached hydrogen (secondary N) is 1. The third-order valence-corrected chi connectivity index (χ3v) is 4.56. The van der Waals surface area contributed by atoms with Crippen LogP contribution in [0.4, 0.5) is 5.69 Å². The maximum atomic E-state index is 5.26. The summed E-state index contributed by atoms with van der Waals surface area (Å²) in [6.45, 7) is 2.13. The summed E-state index contributed by atoms with van der Waals surface area (Å²) in [4.78, 5) is 1.27. The van der Waals surface area contributed by atoms with Crippen LogP contribution in [-0.4, -0.2) is 14.2 Å². The van der Waals surface area contributed by atoms with Gasteiger partial charge in [0.25, 0.3) is 0 Å². The number of hydrogen-bond acceptors (Lipinski definition) is 4. The molecular formula is C14H16BrNO2S. The summed E-state index contributed by atoms with van der Waals surface area (Å²) in [5.74, 6) is 1.56. The fourth-order valence-corrected chi connectivity index (χ4v) is 3.20. The Labute approximate surface area is 125 Å². The molecule has 0 amide bonds. The monoisotopic (exact) mass is 341 g/mol. The lowest BCUT2D eigenvalue weighted by Crippen LogP contribution is -2.05. The molecule has 0 saturated carbocycles. The molecule has 0 fully saturated rings. The van der Waals surface area contributed by atoms with Gasteiger partial charge in [0.15, 0.2) is 0 Å². The molecule has 3 nitrogen and oxygen atoms in total. The highest BCUT2D eigenvalue weighted by atomic mass is 79.9. The van der Waals surface area contributed by atoms with Crippen LogP contribution in [0, 0.1) is 0 Å². The van der Waals surface area contributed by atoms with E-state index in [-0.39, 0.29) is 6.04 Å². The zero-order valence-electron chi connectivity index (χ0n) is 11.1. The van der Waals surface area contributed by atoms with Crippen LogP contribution < -0.4 is 14.8 Å². The molecule has 0 spiro atoms. The van der Waals surface area contributed by atoms with Crippen LogP contribution in [0.1, 0.15) is 17.8 Å². The van der Waals surface area contributed by atoms with Crippen LogP contribution >= 0.6 is 27.3 Å². The van der Waals surface area contributed by atoms with Gasteiger partial charge in [0.05, 0.1) is 24.0 Å². The van der Waals surface area contributed by atoms with Crippen LogP contribution in [0.5, 0.6) is 11.5 Å². The van der Waals surface area contributed by atoms with E-state index in [4.69, 9.17) is 9.47 Å². The molecule has 1 unspecified atom stereocenters. The highest BCUT2D eigenvalue weighted by Gasteiger charge is 2.09. The molecule has 0 aliphatic rings. The Balaban J connectivity index is 2.18. The van der Waals surface area contributed by atoms with Crippen LogP contribution in [0.15, 0.2) is 34.1 Å². The number of anilines is 1. The Morgan fingerprint density at radius 2 is 1.74 bits per heavy atom. The smallest absolute Gasteiger partial charge is 0.124 e. The van der Waals surface area contributed by atoms with Gasteiger partial charge in [-0.1, -0.05) is 0 Å². The molecule has 0 aliphatic carbocycles. The fourth-order valence-electron chi connectivity index (χ4n) is 1.77. The number of rotatable bonds is 5. The second kappa shape index (κ2) is 6.30. The minimum absolute atomic E-state index is 0.230. The van der Waals surface area contributed by atoms with E-state index in [1.807, 2.05) is 18.2 Å². The maximum absolute atomic E-state index is 5.26. The number of benzene rings is 1. The lowest BCUT2D eigenvalue weighted by Gasteiger charge is -2.15. The molecule has 5 heteroatoms. The molecule has 0 bridgehead atoms. The van der Waals surface area contributed by atoms with E-state index in [0.717, 1.165) is 21.0 Å². The molecular weight excluding hydrogens is 326 g/mol. The van der Waals surface area contributed by atoms with Crippen molar-refractivity contribution < 1.29 is 9.47 Å². The third-order valence-electron chi connectivity index (χ3n) is 2.76. The summed E-state index contributed by atoms with van der Waals surface area (Å²) < 4.78 is 11.7. The van der Waals surface area contributed by atoms with Crippen molar-refractivity contribution in [2.24, 2.45) is 0 Å². The number of methoxy groups -OCH3 is 2. The molecule has 1 N–H and O–H groups in total. The molecule has 0 saturated heterocycles. The largest absolute Gasteiger partial charge is 0.497 e. The molecule has 0 aliphatic heterocycles. The van der Waals surface area contributed by atoms with Crippen molar-refractivity contribution in [2.45, 2.75) is 13.0 Å². The summed E-state index contributed by atoms with van der Waals surface area (Å²) >= 11 is 5.21. The highest BCUT2D eigenvalue weighted by molar-refractivity contribution is 9.11. The molecule has 1 atom stereocenters. The third kappa shape index (κ3) is 3.64. The molecule has 19 heavy (non-hydrogen) atoms. The summed E-state index contributed by atoms with van der Waals surface area (Å²) in [6, 6.07) is 10.2. The van der Waals surface area contributed by atoms with Crippen LogP contribution in [0.2, 0.25) is 0 Å². The number of halogens is 1. The SMILES string of the molecule is COc1cc(NC(C)c2ccc(Br)s2)cc(OC)c1. The predicted octanol–water partition coefficient (Wildman–Crippen LogP) is 4.70. The van der Waals surface area contributed by atoms with E-state index >= 15 is 0 Å². The Morgan fingerprint density at radius 1 is 1.11 bits per heavy atom. The van der Waals surface area contributed by atoms with Gasteiger partial charge < -0.3 is 14.8 Å². The standard InChI is InChI=1S/C14H16BrNO2S/c1-9(13-4-5-14(15)19-13)16-10-6-11(17-2)8-12(7-10)18-3/h4-9,16H,1-3H3. The van der Waals surface area contributed by atoms with E-state index in [1.54, 1.807) is 25.6 Å². The van der Waals surface area contributed by atoms with E-state index in [1.165, 1.54) is 4.88 Å². The summed E-state index contributed by atoms with van der Waals surface area (Å²) in [6.07, 6.45) is 0. The first-order valence-electron chi connectivity index (χ1n) is 5.87. The summed E-state index contributed by atoms with van der Waals surface area (Å²) in [5, 5.41) is 3.45. The first-order valence-corrected chi connectivity index (χ1v) is 7.48. The average molecular weight is 342 g/mol. The number of ether oxygens (including phenoxy) is 2. The minimum atomic E-state index is 0.230. The van der Waals surface area contributed by atoms with Gasteiger partial charge in [0.2, 0.25) is 0 Å². The van der Waals surface area contributed by atoms with Crippen molar-refractivity contribution in [3.63, 3.8) is 0 Å². The van der Waals surface area contributed by atoms with Gasteiger partial charge >= 0.3 is 0 Å². The van der Waals surface area contributed by atoms with E-state index < -0.39 is 0 Å². The Morgan fingerprint density at radius 3 is 2.21 bits per heavy atom. The summed E-state index contributed by atoms with van der Waals surface area (Å²) in [7, 11) is 3.30. The Bertz CT molecular complexity index is 534. The number of hydrogen-bond donors (Lipinski definition) is 1. The van der Waals surface area contributed by atoms with Crippen molar-refractivity contribution in [3.05, 3.63) is 39.0 Å². The van der Waals surface area contributed by atoms with Gasteiger partial charge in [0, 0.05) is 28.8 Å². The second-order valence-corrected chi connectivity index (χ2v) is 6.60. The first kappa shape index (κ1) is 14.2. The Kier molecular flexibility index (Phi) is 4.71. The Hall–Kier alpha value is -1.20. The minimum Gasteiger partial charge on any atom is -0.497 e. The molecule has 2 rings (SSSR count). The van der Waals surface area contributed by atoms with Gasteiger partial charge in [-0.15, -0.1) is 11.3 Å². The van der Waals surface area contributed by atoms with Crippen LogP contribution in [0.3, 0.4) is 0 Å². The maximum Gasteiger partial charge on any atom is 0.124 e. The lowest BCUT2D eigenvalue weighted by molar-refractivity contribution is 0.394. The zero-order chi connectivity index (χ0) is 13.8. The predicted molar refractivity (Wildman–Crippen MR) is 83.6 cm³/mol. The van der Waals surface area contributed by atoms with Crippen molar-refractivity contribution >= 4 is 33.0 Å². The van der Waals surface area contributed by atoms with Crippen molar-refractivity contribution in [2.75, 3.05) is 19.5 Å². The van der Waals surface area contributed by atoms with Crippen molar-refractivity contribution in [3.8, 4) is 11.5 Å². The molecule has 2 aromatic rings. The topological polar surface area (TPSA) is 30.5 Å². The van der Waals surface area contributed by atoms with Gasteiger partial charge in [-0.25, -0.2) is 0 Å². The van der Waals surface area contributed by atoms with Crippen LogP contribution in [0.25, 0.3) is 0 Å². The van der Waals surface area contributed by atoms with Gasteiger partial charge in [0.1, 0.15) is 11.5 Å². The van der Waals surface area contributed by atoms with Crippen LogP contribution in [-0.2, 0) is 0 Å². The fraction of sp³-hybridized carbons (Fsp3) is 0.286. The van der Waals surface area contributed by atoms with Crippen molar-refractivity contribution in [1.82, 2.24) is 0 Å². The highest BCUT2D eigenvalue weighted by Crippen LogP contribution is 2.32. The van der Waals surface area contributed by atoms with E-state index in [2.05, 4.69) is 40.3 Å². The lowest BCUT2D eigenvalue weighted by atomic mass is 10.2. The average Bonchev–Trinajstić information content (AvgIpc) is 2.85. The quantitative estimate of drug-likeness (QED) is 0.854. The molecule has 1 heterocycles. The second-order valence-electron chi connectivity index (χ2n) is 4.11. The van der Waals surface area contributed by atoms with Gasteiger partial charge in [-0.05, 0) is 35.0 Å². The molecule has 0 radical (unpaired) electrons.